The normalized spacial score (nSPS) is 23.8. The topological polar surface area (TPSA) is 55.2 Å². The van der Waals surface area contributed by atoms with E-state index in [1.807, 2.05) is 5.41 Å². The summed E-state index contributed by atoms with van der Waals surface area (Å²) in [4.78, 5) is 9.93. The number of benzene rings is 1. The van der Waals surface area contributed by atoms with Gasteiger partial charge < -0.3 is 5.32 Å². The van der Waals surface area contributed by atoms with Gasteiger partial charge in [0, 0.05) is 17.8 Å². The number of halogens is 1. The van der Waals surface area contributed by atoms with E-state index in [0.717, 1.165) is 5.56 Å². The number of nitro benzene ring substituents is 1. The summed E-state index contributed by atoms with van der Waals surface area (Å²) < 4.78 is -0.758. The van der Waals surface area contributed by atoms with Gasteiger partial charge in [-0.2, -0.15) is 0 Å². The standard InChI is InChI=1S/C9H6ClN2O2S/c10-9(11-5-6-15-9)7-1-3-8(4-2-7)12(13)14/h1-3,5-6,11H. The Morgan fingerprint density at radius 2 is 2.40 bits per heavy atom. The fourth-order valence-electron chi connectivity index (χ4n) is 1.18. The van der Waals surface area contributed by atoms with Crippen LogP contribution in [0.25, 0.3) is 0 Å². The summed E-state index contributed by atoms with van der Waals surface area (Å²) in [5, 5.41) is 15.2. The molecule has 1 N–H and O–H groups in total. The Labute approximate surface area is 95.5 Å². The van der Waals surface area contributed by atoms with Crippen molar-refractivity contribution in [3.63, 3.8) is 0 Å². The maximum absolute atomic E-state index is 10.4. The number of hydrogen-bond donors (Lipinski definition) is 1. The maximum Gasteiger partial charge on any atom is 0.277 e. The van der Waals surface area contributed by atoms with Crippen molar-refractivity contribution in [3.05, 3.63) is 51.6 Å². The summed E-state index contributed by atoms with van der Waals surface area (Å²) in [5.41, 5.74) is 0.680. The van der Waals surface area contributed by atoms with Gasteiger partial charge in [-0.25, -0.2) is 0 Å². The lowest BCUT2D eigenvalue weighted by Crippen LogP contribution is -2.25. The zero-order chi connectivity index (χ0) is 10.9. The van der Waals surface area contributed by atoms with Crippen LogP contribution in [0.4, 0.5) is 5.69 Å². The first-order chi connectivity index (χ1) is 7.12. The highest BCUT2D eigenvalue weighted by atomic mass is 35.5. The van der Waals surface area contributed by atoms with Crippen LogP contribution in [0, 0.1) is 16.2 Å². The molecule has 1 radical (unpaired) electrons. The van der Waals surface area contributed by atoms with Crippen LogP contribution in [0.1, 0.15) is 5.56 Å². The van der Waals surface area contributed by atoms with Crippen LogP contribution in [-0.2, 0) is 4.33 Å². The average Bonchev–Trinajstić information content (AvgIpc) is 2.67. The second-order valence-electron chi connectivity index (χ2n) is 2.88. The van der Waals surface area contributed by atoms with Crippen LogP contribution < -0.4 is 5.32 Å². The van der Waals surface area contributed by atoms with Crippen molar-refractivity contribution in [2.75, 3.05) is 0 Å². The molecule has 1 heterocycles. The molecular formula is C9H6ClN2O2S. The quantitative estimate of drug-likeness (QED) is 0.374. The van der Waals surface area contributed by atoms with Gasteiger partial charge in [0.1, 0.15) is 0 Å². The van der Waals surface area contributed by atoms with E-state index in [1.165, 1.54) is 23.9 Å². The molecule has 1 aliphatic heterocycles. The van der Waals surface area contributed by atoms with E-state index in [-0.39, 0.29) is 5.69 Å². The van der Waals surface area contributed by atoms with Gasteiger partial charge in [0.05, 0.1) is 11.0 Å². The zero-order valence-corrected chi connectivity index (χ0v) is 9.01. The predicted octanol–water partition coefficient (Wildman–Crippen LogP) is 2.55. The number of nitrogens with zero attached hydrogens (tertiary/aromatic N) is 1. The SMILES string of the molecule is O=[N+]([O-])c1[c]cc(C2(Cl)NC=CS2)cc1. The Hall–Kier alpha value is -1.20. The molecule has 15 heavy (non-hydrogen) atoms. The molecule has 1 aromatic rings. The molecule has 77 valence electrons. The minimum absolute atomic E-state index is 0.0602. The van der Waals surface area contributed by atoms with E-state index >= 15 is 0 Å². The molecule has 0 aromatic heterocycles. The third kappa shape index (κ3) is 1.93. The van der Waals surface area contributed by atoms with Crippen LogP contribution in [0.15, 0.2) is 29.8 Å². The van der Waals surface area contributed by atoms with Gasteiger partial charge in [-0.15, -0.1) is 0 Å². The molecule has 1 atom stereocenters. The molecule has 1 aromatic carbocycles. The lowest BCUT2D eigenvalue weighted by molar-refractivity contribution is -0.385. The van der Waals surface area contributed by atoms with E-state index in [2.05, 4.69) is 11.4 Å². The Bertz CT molecular complexity index is 411. The number of nitro groups is 1. The van der Waals surface area contributed by atoms with Gasteiger partial charge >= 0.3 is 0 Å². The first kappa shape index (κ1) is 10.3. The van der Waals surface area contributed by atoms with E-state index in [0.29, 0.717) is 0 Å². The van der Waals surface area contributed by atoms with Crippen LogP contribution in [0.2, 0.25) is 0 Å². The Kier molecular flexibility index (Phi) is 2.58. The Balaban J connectivity index is 2.27. The molecule has 0 aliphatic carbocycles. The minimum atomic E-state index is -0.758. The molecule has 6 heteroatoms. The van der Waals surface area contributed by atoms with Gasteiger partial charge in [0.2, 0.25) is 0 Å². The number of thioether (sulfide) groups is 1. The molecule has 1 aliphatic rings. The highest BCUT2D eigenvalue weighted by molar-refractivity contribution is 8.04. The molecular weight excluding hydrogens is 236 g/mol. The lowest BCUT2D eigenvalue weighted by atomic mass is 10.2. The molecule has 2 rings (SSSR count). The van der Waals surface area contributed by atoms with Crippen molar-refractivity contribution in [3.8, 4) is 0 Å². The summed E-state index contributed by atoms with van der Waals surface area (Å²) in [6, 6.07) is 7.11. The molecule has 0 fully saturated rings. The minimum Gasteiger partial charge on any atom is -0.360 e. The molecule has 0 saturated carbocycles. The smallest absolute Gasteiger partial charge is 0.277 e. The van der Waals surface area contributed by atoms with E-state index < -0.39 is 9.25 Å². The van der Waals surface area contributed by atoms with E-state index in [4.69, 9.17) is 11.6 Å². The molecule has 4 nitrogen and oxygen atoms in total. The van der Waals surface area contributed by atoms with Gasteiger partial charge in [-0.05, 0) is 17.5 Å². The van der Waals surface area contributed by atoms with Gasteiger partial charge in [-0.1, -0.05) is 23.4 Å². The number of hydrogen-bond acceptors (Lipinski definition) is 4. The summed E-state index contributed by atoms with van der Waals surface area (Å²) in [6.45, 7) is 0. The Morgan fingerprint density at radius 1 is 1.60 bits per heavy atom. The molecule has 0 amide bonds. The van der Waals surface area contributed by atoms with Crippen LogP contribution in [0.3, 0.4) is 0 Å². The first-order valence-corrected chi connectivity index (χ1v) is 5.34. The predicted molar refractivity (Wildman–Crippen MR) is 59.3 cm³/mol. The molecule has 1 unspecified atom stereocenters. The van der Waals surface area contributed by atoms with Crippen LogP contribution in [0.5, 0.6) is 0 Å². The highest BCUT2D eigenvalue weighted by Gasteiger charge is 2.31. The van der Waals surface area contributed by atoms with Crippen molar-refractivity contribution < 1.29 is 4.92 Å². The highest BCUT2D eigenvalue weighted by Crippen LogP contribution is 2.42. The molecule has 0 spiro atoms. The summed E-state index contributed by atoms with van der Waals surface area (Å²) in [6.07, 6.45) is 1.74. The number of non-ortho nitro benzene ring substituents is 1. The largest absolute Gasteiger partial charge is 0.360 e. The second-order valence-corrected chi connectivity index (χ2v) is 4.79. The van der Waals surface area contributed by atoms with E-state index in [9.17, 15) is 10.1 Å². The van der Waals surface area contributed by atoms with Gasteiger partial charge in [-0.3, -0.25) is 10.1 Å². The van der Waals surface area contributed by atoms with Gasteiger partial charge in [0.15, 0.2) is 4.33 Å². The summed E-state index contributed by atoms with van der Waals surface area (Å²) in [5.74, 6) is 0. The van der Waals surface area contributed by atoms with Crippen molar-refractivity contribution in [2.24, 2.45) is 0 Å². The van der Waals surface area contributed by atoms with Crippen molar-refractivity contribution >= 4 is 29.1 Å². The number of rotatable bonds is 2. The third-order valence-electron chi connectivity index (χ3n) is 1.93. The monoisotopic (exact) mass is 241 g/mol. The summed E-state index contributed by atoms with van der Waals surface area (Å²) >= 11 is 7.62. The lowest BCUT2D eigenvalue weighted by Gasteiger charge is -2.20. The third-order valence-corrected chi connectivity index (χ3v) is 3.48. The number of alkyl halides is 1. The van der Waals surface area contributed by atoms with Crippen molar-refractivity contribution in [1.82, 2.24) is 5.32 Å². The fraction of sp³-hybridized carbons (Fsp3) is 0.111. The van der Waals surface area contributed by atoms with Crippen molar-refractivity contribution in [2.45, 2.75) is 4.33 Å². The van der Waals surface area contributed by atoms with Crippen LogP contribution >= 0.6 is 23.4 Å². The first-order valence-electron chi connectivity index (χ1n) is 4.08. The zero-order valence-electron chi connectivity index (χ0n) is 7.44. The molecule has 0 bridgehead atoms. The number of nitrogens with one attached hydrogen (secondary N) is 1. The maximum atomic E-state index is 10.4. The summed E-state index contributed by atoms with van der Waals surface area (Å²) in [7, 11) is 0. The second kappa shape index (κ2) is 3.75. The fourth-order valence-corrected chi connectivity index (χ4v) is 2.24. The van der Waals surface area contributed by atoms with Crippen molar-refractivity contribution in [1.29, 1.82) is 0 Å². The Morgan fingerprint density at radius 3 is 2.87 bits per heavy atom. The van der Waals surface area contributed by atoms with Crippen LogP contribution in [-0.4, -0.2) is 4.92 Å². The molecule has 0 saturated heterocycles. The average molecular weight is 242 g/mol. The van der Waals surface area contributed by atoms with E-state index in [1.54, 1.807) is 12.3 Å². The van der Waals surface area contributed by atoms with Gasteiger partial charge in [0.25, 0.3) is 5.69 Å².